The lowest BCUT2D eigenvalue weighted by molar-refractivity contribution is 0.322. The van der Waals surface area contributed by atoms with Gasteiger partial charge in [0.15, 0.2) is 5.16 Å². The van der Waals surface area contributed by atoms with Crippen LogP contribution in [0.15, 0.2) is 52.4 Å². The smallest absolute Gasteiger partial charge is 0.266 e. The highest BCUT2D eigenvalue weighted by molar-refractivity contribution is 7.99. The third-order valence-corrected chi connectivity index (χ3v) is 4.58. The minimum absolute atomic E-state index is 0.0419. The summed E-state index contributed by atoms with van der Waals surface area (Å²) in [5.41, 5.74) is 3.61. The summed E-state index contributed by atoms with van der Waals surface area (Å²) in [6.07, 6.45) is 0. The number of benzene rings is 2. The maximum atomic E-state index is 13.0. The summed E-state index contributed by atoms with van der Waals surface area (Å²) in [6, 6.07) is 13.3. The Kier molecular flexibility index (Phi) is 4.50. The monoisotopic (exact) mass is 326 g/mol. The molecule has 2 aromatic carbocycles. The molecule has 1 heterocycles. The Morgan fingerprint density at radius 2 is 1.96 bits per heavy atom. The lowest BCUT2D eigenvalue weighted by Gasteiger charge is -2.15. The zero-order valence-electron chi connectivity index (χ0n) is 13.1. The van der Waals surface area contributed by atoms with Crippen LogP contribution in [0.5, 0.6) is 0 Å². The van der Waals surface area contributed by atoms with Gasteiger partial charge in [0.2, 0.25) is 0 Å². The van der Waals surface area contributed by atoms with E-state index in [1.807, 2.05) is 44.2 Å². The minimum atomic E-state index is -0.0806. The van der Waals surface area contributed by atoms with Crippen molar-refractivity contribution in [3.05, 3.63) is 63.9 Å². The fourth-order valence-electron chi connectivity index (χ4n) is 2.61. The van der Waals surface area contributed by atoms with Crippen LogP contribution in [0, 0.1) is 13.8 Å². The molecule has 0 spiro atoms. The van der Waals surface area contributed by atoms with E-state index in [9.17, 15) is 4.79 Å². The molecule has 4 nitrogen and oxygen atoms in total. The highest BCUT2D eigenvalue weighted by atomic mass is 32.2. The fourth-order valence-corrected chi connectivity index (χ4v) is 3.36. The van der Waals surface area contributed by atoms with E-state index in [1.165, 1.54) is 11.8 Å². The van der Waals surface area contributed by atoms with E-state index in [2.05, 4.69) is 11.1 Å². The van der Waals surface area contributed by atoms with Crippen molar-refractivity contribution in [3.63, 3.8) is 0 Å². The minimum Gasteiger partial charge on any atom is -0.396 e. The van der Waals surface area contributed by atoms with Gasteiger partial charge in [0.05, 0.1) is 23.2 Å². The number of fused-ring (bicyclic) bond motifs is 1. The number of thioether (sulfide) groups is 1. The summed E-state index contributed by atoms with van der Waals surface area (Å²) in [5, 5.41) is 10.3. The molecule has 3 rings (SSSR count). The first-order valence-corrected chi connectivity index (χ1v) is 8.43. The third kappa shape index (κ3) is 3.02. The van der Waals surface area contributed by atoms with Crippen LogP contribution in [0.25, 0.3) is 16.6 Å². The molecule has 0 aliphatic rings. The number of hydrogen-bond acceptors (Lipinski definition) is 4. The predicted octanol–water partition coefficient (Wildman–Crippen LogP) is 3.09. The van der Waals surface area contributed by atoms with Gasteiger partial charge in [-0.1, -0.05) is 41.6 Å². The van der Waals surface area contributed by atoms with Gasteiger partial charge >= 0.3 is 0 Å². The predicted molar refractivity (Wildman–Crippen MR) is 94.6 cm³/mol. The molecule has 0 saturated carbocycles. The second kappa shape index (κ2) is 6.56. The van der Waals surface area contributed by atoms with Crippen molar-refractivity contribution in [1.82, 2.24) is 9.55 Å². The van der Waals surface area contributed by atoms with E-state index >= 15 is 0 Å². The van der Waals surface area contributed by atoms with Crippen molar-refractivity contribution in [2.75, 3.05) is 12.4 Å². The van der Waals surface area contributed by atoms with E-state index in [0.29, 0.717) is 21.8 Å². The largest absolute Gasteiger partial charge is 0.396 e. The van der Waals surface area contributed by atoms with Crippen molar-refractivity contribution < 1.29 is 5.11 Å². The van der Waals surface area contributed by atoms with Gasteiger partial charge in [0, 0.05) is 5.75 Å². The Morgan fingerprint density at radius 1 is 1.17 bits per heavy atom. The zero-order valence-corrected chi connectivity index (χ0v) is 13.9. The molecule has 0 bridgehead atoms. The van der Waals surface area contributed by atoms with Crippen molar-refractivity contribution in [2.45, 2.75) is 19.0 Å². The van der Waals surface area contributed by atoms with Crippen LogP contribution in [-0.4, -0.2) is 27.0 Å². The molecular weight excluding hydrogens is 308 g/mol. The molecular formula is C18H18N2O2S. The van der Waals surface area contributed by atoms with Gasteiger partial charge in [0.1, 0.15) is 0 Å². The number of hydrogen-bond donors (Lipinski definition) is 1. The maximum Gasteiger partial charge on any atom is 0.266 e. The van der Waals surface area contributed by atoms with Gasteiger partial charge in [-0.2, -0.15) is 0 Å². The van der Waals surface area contributed by atoms with Crippen molar-refractivity contribution in [1.29, 1.82) is 0 Å². The average molecular weight is 326 g/mol. The maximum absolute atomic E-state index is 13.0. The molecule has 0 atom stereocenters. The number of rotatable bonds is 4. The van der Waals surface area contributed by atoms with Crippen LogP contribution in [-0.2, 0) is 0 Å². The molecule has 0 amide bonds. The summed E-state index contributed by atoms with van der Waals surface area (Å²) >= 11 is 1.39. The van der Waals surface area contributed by atoms with Crippen LogP contribution >= 0.6 is 11.8 Å². The highest BCUT2D eigenvalue weighted by Gasteiger charge is 2.14. The number of aromatic nitrogens is 2. The molecule has 0 aliphatic heterocycles. The number of nitrogens with zero attached hydrogens (tertiary/aromatic N) is 2. The van der Waals surface area contributed by atoms with Crippen LogP contribution in [0.4, 0.5) is 0 Å². The van der Waals surface area contributed by atoms with Gasteiger partial charge in [-0.05, 0) is 37.6 Å². The van der Waals surface area contributed by atoms with E-state index in [4.69, 9.17) is 5.11 Å². The second-order valence-corrected chi connectivity index (χ2v) is 6.48. The quantitative estimate of drug-likeness (QED) is 0.591. The molecule has 0 radical (unpaired) electrons. The molecule has 118 valence electrons. The standard InChI is InChI=1S/C18H18N2O2S/c1-12-7-8-16(13(2)11-12)20-17(22)14-5-3-4-6-15(14)19-18(20)23-10-9-21/h3-8,11,21H,9-10H2,1-2H3. The third-order valence-electron chi connectivity index (χ3n) is 3.66. The van der Waals surface area contributed by atoms with Gasteiger partial charge in [0.25, 0.3) is 5.56 Å². The Morgan fingerprint density at radius 3 is 2.70 bits per heavy atom. The van der Waals surface area contributed by atoms with Crippen LogP contribution in [0.1, 0.15) is 11.1 Å². The Hall–Kier alpha value is -2.11. The van der Waals surface area contributed by atoms with Crippen molar-refractivity contribution in [2.24, 2.45) is 0 Å². The van der Waals surface area contributed by atoms with Crippen molar-refractivity contribution >= 4 is 22.7 Å². The molecule has 0 saturated heterocycles. The van der Waals surface area contributed by atoms with Crippen molar-refractivity contribution in [3.8, 4) is 5.69 Å². The average Bonchev–Trinajstić information content (AvgIpc) is 2.54. The normalized spacial score (nSPS) is 11.1. The summed E-state index contributed by atoms with van der Waals surface area (Å²) in [5.74, 6) is 0.496. The van der Waals surface area contributed by atoms with E-state index in [0.717, 1.165) is 16.8 Å². The molecule has 0 unspecified atom stereocenters. The Balaban J connectivity index is 2.32. The molecule has 0 fully saturated rings. The van der Waals surface area contributed by atoms with Gasteiger partial charge in [-0.25, -0.2) is 4.98 Å². The summed E-state index contributed by atoms with van der Waals surface area (Å²) in [4.78, 5) is 17.6. The lowest BCUT2D eigenvalue weighted by Crippen LogP contribution is -2.22. The first kappa shape index (κ1) is 15.8. The summed E-state index contributed by atoms with van der Waals surface area (Å²) in [7, 11) is 0. The van der Waals surface area contributed by atoms with Gasteiger partial charge < -0.3 is 5.11 Å². The van der Waals surface area contributed by atoms with E-state index < -0.39 is 0 Å². The molecule has 3 aromatic rings. The van der Waals surface area contributed by atoms with Crippen LogP contribution in [0.2, 0.25) is 0 Å². The second-order valence-electron chi connectivity index (χ2n) is 5.41. The summed E-state index contributed by atoms with van der Waals surface area (Å²) in [6.45, 7) is 4.06. The molecule has 23 heavy (non-hydrogen) atoms. The molecule has 0 aliphatic carbocycles. The van der Waals surface area contributed by atoms with E-state index in [-0.39, 0.29) is 12.2 Å². The molecule has 1 N–H and O–H groups in total. The van der Waals surface area contributed by atoms with Crippen LogP contribution in [0.3, 0.4) is 0 Å². The highest BCUT2D eigenvalue weighted by Crippen LogP contribution is 2.23. The topological polar surface area (TPSA) is 55.1 Å². The first-order valence-electron chi connectivity index (χ1n) is 7.45. The Bertz CT molecular complexity index is 919. The molecule has 5 heteroatoms. The number of aliphatic hydroxyl groups excluding tert-OH is 1. The molecule has 1 aromatic heterocycles. The Labute approximate surface area is 138 Å². The summed E-state index contributed by atoms with van der Waals surface area (Å²) < 4.78 is 1.65. The number of para-hydroxylation sites is 1. The first-order chi connectivity index (χ1) is 11.1. The fraction of sp³-hybridized carbons (Fsp3) is 0.222. The SMILES string of the molecule is Cc1ccc(-n2c(SCCO)nc3ccccc3c2=O)c(C)c1. The number of aliphatic hydroxyl groups is 1. The number of aryl methyl sites for hydroxylation is 2. The lowest BCUT2D eigenvalue weighted by atomic mass is 10.1. The van der Waals surface area contributed by atoms with Gasteiger partial charge in [-0.3, -0.25) is 9.36 Å². The van der Waals surface area contributed by atoms with E-state index in [1.54, 1.807) is 10.6 Å². The van der Waals surface area contributed by atoms with Crippen LogP contribution < -0.4 is 5.56 Å². The zero-order chi connectivity index (χ0) is 16.4. The van der Waals surface area contributed by atoms with Gasteiger partial charge in [-0.15, -0.1) is 0 Å².